The highest BCUT2D eigenvalue weighted by Gasteiger charge is 2.24. The first kappa shape index (κ1) is 15.2. The SMILES string of the molecule is CC(C)(CNCc1ccccc1CC(=O)O)C(N)=O. The van der Waals surface area contributed by atoms with Crippen molar-refractivity contribution >= 4 is 11.9 Å². The van der Waals surface area contributed by atoms with E-state index in [2.05, 4.69) is 5.32 Å². The predicted molar refractivity (Wildman–Crippen MR) is 72.5 cm³/mol. The van der Waals surface area contributed by atoms with Crippen LogP contribution in [0.1, 0.15) is 25.0 Å². The van der Waals surface area contributed by atoms with Crippen LogP contribution in [-0.2, 0) is 22.6 Å². The van der Waals surface area contributed by atoms with Gasteiger partial charge < -0.3 is 16.2 Å². The van der Waals surface area contributed by atoms with E-state index in [9.17, 15) is 9.59 Å². The quantitative estimate of drug-likeness (QED) is 0.682. The van der Waals surface area contributed by atoms with Crippen LogP contribution < -0.4 is 11.1 Å². The van der Waals surface area contributed by atoms with Crippen LogP contribution in [0.5, 0.6) is 0 Å². The van der Waals surface area contributed by atoms with Crippen molar-refractivity contribution in [2.45, 2.75) is 26.8 Å². The van der Waals surface area contributed by atoms with Gasteiger partial charge in [0.05, 0.1) is 11.8 Å². The van der Waals surface area contributed by atoms with Crippen LogP contribution >= 0.6 is 0 Å². The fourth-order valence-corrected chi connectivity index (χ4v) is 1.66. The number of nitrogens with two attached hydrogens (primary N) is 1. The van der Waals surface area contributed by atoms with Gasteiger partial charge in [0, 0.05) is 13.1 Å². The minimum Gasteiger partial charge on any atom is -0.481 e. The van der Waals surface area contributed by atoms with Crippen LogP contribution in [0.25, 0.3) is 0 Å². The number of primary amides is 1. The lowest BCUT2D eigenvalue weighted by atomic mass is 9.92. The van der Waals surface area contributed by atoms with Crippen molar-refractivity contribution < 1.29 is 14.7 Å². The minimum absolute atomic E-state index is 0.00291. The van der Waals surface area contributed by atoms with Crippen LogP contribution in [0.3, 0.4) is 0 Å². The first-order valence-corrected chi connectivity index (χ1v) is 6.12. The molecule has 5 nitrogen and oxygen atoms in total. The number of amides is 1. The van der Waals surface area contributed by atoms with Crippen molar-refractivity contribution in [1.29, 1.82) is 0 Å². The lowest BCUT2D eigenvalue weighted by Crippen LogP contribution is -2.40. The molecule has 0 fully saturated rings. The standard InChI is InChI=1S/C14H20N2O3/c1-14(2,13(15)19)9-16-8-11-6-4-3-5-10(11)7-12(17)18/h3-6,16H,7-9H2,1-2H3,(H2,15,19)(H,17,18). The summed E-state index contributed by atoms with van der Waals surface area (Å²) in [4.78, 5) is 21.9. The van der Waals surface area contributed by atoms with E-state index in [0.717, 1.165) is 11.1 Å². The molecule has 0 aromatic heterocycles. The fourth-order valence-electron chi connectivity index (χ4n) is 1.66. The van der Waals surface area contributed by atoms with Crippen molar-refractivity contribution in [2.24, 2.45) is 11.1 Å². The highest BCUT2D eigenvalue weighted by Crippen LogP contribution is 2.14. The van der Waals surface area contributed by atoms with E-state index in [4.69, 9.17) is 10.8 Å². The molecule has 0 heterocycles. The molecule has 4 N–H and O–H groups in total. The summed E-state index contributed by atoms with van der Waals surface area (Å²) in [5.41, 5.74) is 6.36. The summed E-state index contributed by atoms with van der Waals surface area (Å²) in [6.07, 6.45) is -0.00291. The van der Waals surface area contributed by atoms with Crippen LogP contribution in [-0.4, -0.2) is 23.5 Å². The number of hydrogen-bond acceptors (Lipinski definition) is 3. The molecule has 0 atom stereocenters. The molecular weight excluding hydrogens is 244 g/mol. The molecular formula is C14H20N2O3. The zero-order chi connectivity index (χ0) is 14.5. The molecule has 0 aliphatic carbocycles. The fraction of sp³-hybridized carbons (Fsp3) is 0.429. The first-order chi connectivity index (χ1) is 8.83. The van der Waals surface area contributed by atoms with Crippen molar-refractivity contribution in [2.75, 3.05) is 6.54 Å². The van der Waals surface area contributed by atoms with Gasteiger partial charge in [0.25, 0.3) is 0 Å². The third kappa shape index (κ3) is 4.71. The molecule has 0 radical (unpaired) electrons. The zero-order valence-electron chi connectivity index (χ0n) is 11.3. The molecule has 0 spiro atoms. The summed E-state index contributed by atoms with van der Waals surface area (Å²) >= 11 is 0. The van der Waals surface area contributed by atoms with Gasteiger partial charge in [0.1, 0.15) is 0 Å². The molecule has 1 rings (SSSR count). The molecule has 0 aliphatic heterocycles. The average Bonchev–Trinajstić information content (AvgIpc) is 2.30. The number of benzene rings is 1. The highest BCUT2D eigenvalue weighted by molar-refractivity contribution is 5.80. The number of nitrogens with one attached hydrogen (secondary N) is 1. The van der Waals surface area contributed by atoms with Gasteiger partial charge in [-0.3, -0.25) is 9.59 Å². The Balaban J connectivity index is 2.63. The van der Waals surface area contributed by atoms with Gasteiger partial charge in [0.15, 0.2) is 0 Å². The Hall–Kier alpha value is -1.88. The molecule has 5 heteroatoms. The Kier molecular flexibility index (Phi) is 5.06. The topological polar surface area (TPSA) is 92.4 Å². The Morgan fingerprint density at radius 3 is 2.37 bits per heavy atom. The van der Waals surface area contributed by atoms with Gasteiger partial charge in [-0.2, -0.15) is 0 Å². The van der Waals surface area contributed by atoms with E-state index < -0.39 is 11.4 Å². The second kappa shape index (κ2) is 6.33. The monoisotopic (exact) mass is 264 g/mol. The molecule has 0 unspecified atom stereocenters. The summed E-state index contributed by atoms with van der Waals surface area (Å²) in [6, 6.07) is 7.35. The van der Waals surface area contributed by atoms with Crippen molar-refractivity contribution in [3.63, 3.8) is 0 Å². The maximum absolute atomic E-state index is 11.2. The maximum atomic E-state index is 11.2. The van der Waals surface area contributed by atoms with Crippen LogP contribution in [0.4, 0.5) is 0 Å². The molecule has 104 valence electrons. The third-order valence-electron chi connectivity index (χ3n) is 3.01. The molecule has 0 aliphatic rings. The van der Waals surface area contributed by atoms with E-state index in [1.165, 1.54) is 0 Å². The number of carboxylic acid groups (broad SMARTS) is 1. The molecule has 0 bridgehead atoms. The molecule has 0 saturated carbocycles. The van der Waals surface area contributed by atoms with E-state index in [1.807, 2.05) is 18.2 Å². The zero-order valence-corrected chi connectivity index (χ0v) is 11.3. The number of carbonyl (C=O) groups excluding carboxylic acids is 1. The van der Waals surface area contributed by atoms with Gasteiger partial charge in [-0.1, -0.05) is 24.3 Å². The largest absolute Gasteiger partial charge is 0.481 e. The number of hydrogen-bond donors (Lipinski definition) is 3. The lowest BCUT2D eigenvalue weighted by molar-refractivity contribution is -0.136. The minimum atomic E-state index is -0.857. The van der Waals surface area contributed by atoms with Crippen LogP contribution in [0.2, 0.25) is 0 Å². The van der Waals surface area contributed by atoms with Crippen LogP contribution in [0.15, 0.2) is 24.3 Å². The molecule has 1 amide bonds. The van der Waals surface area contributed by atoms with Crippen molar-refractivity contribution in [3.8, 4) is 0 Å². The van der Waals surface area contributed by atoms with Gasteiger partial charge in [-0.15, -0.1) is 0 Å². The summed E-state index contributed by atoms with van der Waals surface area (Å²) in [6.45, 7) is 4.50. The second-order valence-electron chi connectivity index (χ2n) is 5.19. The second-order valence-corrected chi connectivity index (χ2v) is 5.19. The Labute approximate surface area is 112 Å². The highest BCUT2D eigenvalue weighted by atomic mass is 16.4. The normalized spacial score (nSPS) is 11.3. The van der Waals surface area contributed by atoms with Gasteiger partial charge in [-0.25, -0.2) is 0 Å². The van der Waals surface area contributed by atoms with E-state index in [0.29, 0.717) is 13.1 Å². The Bertz CT molecular complexity index is 470. The van der Waals surface area contributed by atoms with Crippen LogP contribution in [0, 0.1) is 5.41 Å². The maximum Gasteiger partial charge on any atom is 0.307 e. The predicted octanol–water partition coefficient (Wildman–Crippen LogP) is 0.915. The molecule has 1 aromatic carbocycles. The summed E-state index contributed by atoms with van der Waals surface area (Å²) in [5, 5.41) is 12.0. The number of carbonyl (C=O) groups is 2. The van der Waals surface area contributed by atoms with Gasteiger partial charge in [0.2, 0.25) is 5.91 Å². The van der Waals surface area contributed by atoms with Crippen molar-refractivity contribution in [1.82, 2.24) is 5.32 Å². The lowest BCUT2D eigenvalue weighted by Gasteiger charge is -2.21. The van der Waals surface area contributed by atoms with Crippen molar-refractivity contribution in [3.05, 3.63) is 35.4 Å². The Morgan fingerprint density at radius 1 is 1.26 bits per heavy atom. The molecule has 19 heavy (non-hydrogen) atoms. The number of aliphatic carboxylic acids is 1. The van der Waals surface area contributed by atoms with Gasteiger partial charge in [-0.05, 0) is 25.0 Å². The average molecular weight is 264 g/mol. The first-order valence-electron chi connectivity index (χ1n) is 6.12. The summed E-state index contributed by atoms with van der Waals surface area (Å²) in [7, 11) is 0. The number of carboxylic acids is 1. The number of rotatable bonds is 7. The smallest absolute Gasteiger partial charge is 0.307 e. The Morgan fingerprint density at radius 2 is 1.84 bits per heavy atom. The summed E-state index contributed by atoms with van der Waals surface area (Å²) < 4.78 is 0. The van der Waals surface area contributed by atoms with Gasteiger partial charge >= 0.3 is 5.97 Å². The summed E-state index contributed by atoms with van der Waals surface area (Å²) in [5.74, 6) is -1.22. The van der Waals surface area contributed by atoms with E-state index >= 15 is 0 Å². The van der Waals surface area contributed by atoms with E-state index in [1.54, 1.807) is 19.9 Å². The molecule has 1 aromatic rings. The third-order valence-corrected chi connectivity index (χ3v) is 3.01. The van der Waals surface area contributed by atoms with E-state index in [-0.39, 0.29) is 12.3 Å². The molecule has 0 saturated heterocycles.